The quantitative estimate of drug-likeness (QED) is 0.459. The highest BCUT2D eigenvalue weighted by Crippen LogP contribution is 2.31. The van der Waals surface area contributed by atoms with E-state index < -0.39 is 0 Å². The summed E-state index contributed by atoms with van der Waals surface area (Å²) in [6.07, 6.45) is 1.43. The molecule has 0 saturated carbocycles. The summed E-state index contributed by atoms with van der Waals surface area (Å²) in [5, 5.41) is 2.36. The highest BCUT2D eigenvalue weighted by Gasteiger charge is 2.25. The molecule has 0 aromatic heterocycles. The van der Waals surface area contributed by atoms with Crippen molar-refractivity contribution in [2.45, 2.75) is 31.6 Å². The molecule has 182 valence electrons. The molecule has 0 spiro atoms. The second-order valence-electron chi connectivity index (χ2n) is 8.53. The lowest BCUT2D eigenvalue weighted by atomic mass is 9.94. The summed E-state index contributed by atoms with van der Waals surface area (Å²) in [6, 6.07) is 22.6. The largest absolute Gasteiger partial charge is 0.497 e. The summed E-state index contributed by atoms with van der Waals surface area (Å²) < 4.78 is 17.5. The molecule has 2 N–H and O–H groups in total. The normalized spacial score (nSPS) is 17.9. The second-order valence-corrected chi connectivity index (χ2v) is 8.53. The average molecular weight is 485 g/mol. The summed E-state index contributed by atoms with van der Waals surface area (Å²) in [6.45, 7) is 2.96. The van der Waals surface area contributed by atoms with E-state index in [4.69, 9.17) is 19.9 Å². The number of primary amides is 1. The van der Waals surface area contributed by atoms with Crippen LogP contribution in [0.25, 0.3) is 10.8 Å². The first-order valence-electron chi connectivity index (χ1n) is 11.5. The summed E-state index contributed by atoms with van der Waals surface area (Å²) in [4.78, 5) is 13.6. The number of fused-ring (bicyclic) bond motifs is 1. The number of hydrogen-bond acceptors (Lipinski definition) is 5. The molecule has 1 fully saturated rings. The molecule has 3 aromatic rings. The molecular formula is C27H33ClN2O4. The Kier molecular flexibility index (Phi) is 9.72. The van der Waals surface area contributed by atoms with Crippen LogP contribution in [0.4, 0.5) is 0 Å². The lowest BCUT2D eigenvalue weighted by molar-refractivity contribution is -0.190. The second kappa shape index (κ2) is 12.7. The minimum Gasteiger partial charge on any atom is -0.497 e. The molecule has 7 heteroatoms. The topological polar surface area (TPSA) is 74.0 Å². The van der Waals surface area contributed by atoms with E-state index >= 15 is 0 Å². The Morgan fingerprint density at radius 3 is 2.53 bits per heavy atom. The molecular weight excluding hydrogens is 452 g/mol. The van der Waals surface area contributed by atoms with Crippen molar-refractivity contribution in [1.29, 1.82) is 0 Å². The minimum absolute atomic E-state index is 0. The van der Waals surface area contributed by atoms with Crippen molar-refractivity contribution in [1.82, 2.24) is 4.90 Å². The molecule has 6 nitrogen and oxygen atoms in total. The standard InChI is InChI=1S/C27H32N2O4.ClH/c1-31-23-12-13-25-21(15-23)9-5-10-24(25)22-18-32-27(33-19-22)11-6-14-29(17-26(28)30)16-20-7-3-2-4-8-20;/h2-5,7-10,12-13,15,22,27H,6,11,14,16-19H2,1H3,(H2,28,30);1H. The van der Waals surface area contributed by atoms with Crippen LogP contribution in [-0.2, 0) is 20.8 Å². The molecule has 0 bridgehead atoms. The number of carbonyl (C=O) groups excluding carboxylic acids is 1. The van der Waals surface area contributed by atoms with Crippen molar-refractivity contribution in [3.63, 3.8) is 0 Å². The number of hydrogen-bond donors (Lipinski definition) is 1. The van der Waals surface area contributed by atoms with Crippen LogP contribution in [0.15, 0.2) is 66.7 Å². The molecule has 1 aliphatic rings. The smallest absolute Gasteiger partial charge is 0.231 e. The van der Waals surface area contributed by atoms with Crippen molar-refractivity contribution >= 4 is 29.1 Å². The van der Waals surface area contributed by atoms with Gasteiger partial charge in [0.15, 0.2) is 6.29 Å². The van der Waals surface area contributed by atoms with Crippen LogP contribution in [0.5, 0.6) is 5.75 Å². The van der Waals surface area contributed by atoms with Gasteiger partial charge >= 0.3 is 0 Å². The lowest BCUT2D eigenvalue weighted by Crippen LogP contribution is -2.35. The molecule has 1 saturated heterocycles. The molecule has 0 unspecified atom stereocenters. The van der Waals surface area contributed by atoms with Crippen LogP contribution in [-0.4, -0.2) is 50.5 Å². The van der Waals surface area contributed by atoms with Gasteiger partial charge < -0.3 is 19.9 Å². The van der Waals surface area contributed by atoms with Gasteiger partial charge in [-0.3, -0.25) is 9.69 Å². The number of benzene rings is 3. The lowest BCUT2D eigenvalue weighted by Gasteiger charge is -2.31. The van der Waals surface area contributed by atoms with Gasteiger partial charge in [0.05, 0.1) is 26.9 Å². The summed E-state index contributed by atoms with van der Waals surface area (Å²) in [5.74, 6) is 0.739. The van der Waals surface area contributed by atoms with Crippen molar-refractivity contribution < 1.29 is 19.0 Å². The first-order chi connectivity index (χ1) is 16.1. The van der Waals surface area contributed by atoms with E-state index in [1.54, 1.807) is 7.11 Å². The summed E-state index contributed by atoms with van der Waals surface area (Å²) >= 11 is 0. The average Bonchev–Trinajstić information content (AvgIpc) is 2.84. The van der Waals surface area contributed by atoms with Gasteiger partial charge in [0, 0.05) is 12.5 Å². The van der Waals surface area contributed by atoms with E-state index in [-0.39, 0.29) is 37.1 Å². The monoisotopic (exact) mass is 484 g/mol. The van der Waals surface area contributed by atoms with Gasteiger partial charge in [-0.05, 0) is 53.4 Å². The zero-order valence-corrected chi connectivity index (χ0v) is 20.3. The third kappa shape index (κ3) is 6.93. The van der Waals surface area contributed by atoms with E-state index in [0.717, 1.165) is 30.5 Å². The van der Waals surface area contributed by atoms with E-state index in [0.29, 0.717) is 19.8 Å². The Morgan fingerprint density at radius 2 is 1.82 bits per heavy atom. The van der Waals surface area contributed by atoms with Gasteiger partial charge in [0.2, 0.25) is 5.91 Å². The zero-order valence-electron chi connectivity index (χ0n) is 19.5. The van der Waals surface area contributed by atoms with Crippen LogP contribution >= 0.6 is 12.4 Å². The summed E-state index contributed by atoms with van der Waals surface area (Å²) in [7, 11) is 1.68. The fourth-order valence-corrected chi connectivity index (χ4v) is 4.42. The van der Waals surface area contributed by atoms with E-state index in [1.807, 2.05) is 24.3 Å². The van der Waals surface area contributed by atoms with Crippen LogP contribution in [0, 0.1) is 0 Å². The van der Waals surface area contributed by atoms with Gasteiger partial charge in [-0.2, -0.15) is 0 Å². The molecule has 0 atom stereocenters. The predicted octanol–water partition coefficient (Wildman–Crippen LogP) is 4.49. The maximum absolute atomic E-state index is 11.5. The maximum atomic E-state index is 11.5. The number of rotatable bonds is 10. The third-order valence-corrected chi connectivity index (χ3v) is 6.07. The minimum atomic E-state index is -0.313. The van der Waals surface area contributed by atoms with Gasteiger partial charge in [0.1, 0.15) is 5.75 Å². The highest BCUT2D eigenvalue weighted by atomic mass is 35.5. The Morgan fingerprint density at radius 1 is 1.06 bits per heavy atom. The van der Waals surface area contributed by atoms with E-state index in [9.17, 15) is 4.79 Å². The number of halogens is 1. The number of carbonyl (C=O) groups is 1. The van der Waals surface area contributed by atoms with E-state index in [1.165, 1.54) is 16.5 Å². The van der Waals surface area contributed by atoms with Crippen molar-refractivity contribution in [2.24, 2.45) is 5.73 Å². The van der Waals surface area contributed by atoms with Crippen LogP contribution in [0.2, 0.25) is 0 Å². The molecule has 0 radical (unpaired) electrons. The fraction of sp³-hybridized carbons (Fsp3) is 0.370. The van der Waals surface area contributed by atoms with Gasteiger partial charge in [-0.15, -0.1) is 12.4 Å². The first kappa shape index (κ1) is 26.0. The zero-order chi connectivity index (χ0) is 23.0. The number of ether oxygens (including phenoxy) is 3. The van der Waals surface area contributed by atoms with Gasteiger partial charge in [-0.25, -0.2) is 0 Å². The first-order valence-corrected chi connectivity index (χ1v) is 11.5. The van der Waals surface area contributed by atoms with Crippen LogP contribution in [0.3, 0.4) is 0 Å². The van der Waals surface area contributed by atoms with Gasteiger partial charge in [0.25, 0.3) is 0 Å². The highest BCUT2D eigenvalue weighted by molar-refractivity contribution is 5.87. The molecule has 0 aliphatic carbocycles. The molecule has 3 aromatic carbocycles. The molecule has 1 heterocycles. The Hall–Kier alpha value is -2.64. The van der Waals surface area contributed by atoms with Gasteiger partial charge in [-0.1, -0.05) is 54.6 Å². The Bertz CT molecular complexity index is 1050. The Balaban J connectivity index is 0.00000324. The van der Waals surface area contributed by atoms with Crippen molar-refractivity contribution in [3.8, 4) is 5.75 Å². The van der Waals surface area contributed by atoms with Crippen molar-refractivity contribution in [2.75, 3.05) is 33.4 Å². The van der Waals surface area contributed by atoms with Crippen molar-refractivity contribution in [3.05, 3.63) is 77.9 Å². The van der Waals surface area contributed by atoms with E-state index in [2.05, 4.69) is 47.4 Å². The molecule has 1 amide bonds. The molecule has 4 rings (SSSR count). The Labute approximate surface area is 207 Å². The number of nitrogens with two attached hydrogens (primary N) is 1. The summed E-state index contributed by atoms with van der Waals surface area (Å²) in [5.41, 5.74) is 7.86. The SMILES string of the molecule is COc1ccc2c(C3COC(CCCN(CC(N)=O)Cc4ccccc4)OC3)cccc2c1.Cl. The maximum Gasteiger partial charge on any atom is 0.231 e. The predicted molar refractivity (Wildman–Crippen MR) is 136 cm³/mol. The molecule has 1 aliphatic heterocycles. The molecule has 34 heavy (non-hydrogen) atoms. The van der Waals surface area contributed by atoms with Crippen LogP contribution < -0.4 is 10.5 Å². The third-order valence-electron chi connectivity index (χ3n) is 6.07. The fourth-order valence-electron chi connectivity index (χ4n) is 4.42. The number of nitrogens with zero attached hydrogens (tertiary/aromatic N) is 1. The van der Waals surface area contributed by atoms with Crippen LogP contribution in [0.1, 0.15) is 29.9 Å². The number of methoxy groups -OCH3 is 1. The number of amides is 1.